The summed E-state index contributed by atoms with van der Waals surface area (Å²) in [6.45, 7) is 0.504. The Labute approximate surface area is 193 Å². The van der Waals surface area contributed by atoms with Gasteiger partial charge >= 0.3 is 0 Å². The number of fused-ring (bicyclic) bond motifs is 1. The molecule has 0 atom stereocenters. The summed E-state index contributed by atoms with van der Waals surface area (Å²) < 4.78 is 16.5. The summed E-state index contributed by atoms with van der Waals surface area (Å²) in [5, 5.41) is 11.5. The minimum atomic E-state index is -0.323. The van der Waals surface area contributed by atoms with Crippen molar-refractivity contribution >= 4 is 46.2 Å². The van der Waals surface area contributed by atoms with Gasteiger partial charge in [0.1, 0.15) is 10.1 Å². The van der Waals surface area contributed by atoms with Crippen LogP contribution in [0, 0.1) is 11.3 Å². The number of nitriles is 1. The summed E-state index contributed by atoms with van der Waals surface area (Å²) in [5.41, 5.74) is 1.32. The molecule has 0 bridgehead atoms. The summed E-state index contributed by atoms with van der Waals surface area (Å²) in [6, 6.07) is 13.9. The van der Waals surface area contributed by atoms with E-state index in [0.29, 0.717) is 32.0 Å². The lowest BCUT2D eigenvalue weighted by Crippen LogP contribution is -2.38. The van der Waals surface area contributed by atoms with Crippen LogP contribution in [0.5, 0.6) is 17.2 Å². The van der Waals surface area contributed by atoms with Crippen LogP contribution in [-0.4, -0.2) is 47.5 Å². The zero-order valence-corrected chi connectivity index (χ0v) is 18.3. The van der Waals surface area contributed by atoms with Crippen molar-refractivity contribution in [3.8, 4) is 23.3 Å². The Hall–Kier alpha value is -3.55. The number of ether oxygens (including phenoxy) is 3. The topological polar surface area (TPSA) is 101 Å². The number of amides is 2. The van der Waals surface area contributed by atoms with Crippen LogP contribution >= 0.6 is 24.0 Å². The van der Waals surface area contributed by atoms with Gasteiger partial charge in [-0.05, 0) is 48.0 Å². The Kier molecular flexibility index (Phi) is 6.58. The minimum absolute atomic E-state index is 0.172. The van der Waals surface area contributed by atoms with Crippen molar-refractivity contribution in [1.29, 1.82) is 5.26 Å². The maximum Gasteiger partial charge on any atom is 0.266 e. The quantitative estimate of drug-likeness (QED) is 0.490. The molecule has 32 heavy (non-hydrogen) atoms. The van der Waals surface area contributed by atoms with Crippen molar-refractivity contribution in [3.05, 3.63) is 58.5 Å². The van der Waals surface area contributed by atoms with Crippen LogP contribution in [0.4, 0.5) is 0 Å². The van der Waals surface area contributed by atoms with Gasteiger partial charge in [-0.15, -0.1) is 0 Å². The van der Waals surface area contributed by atoms with Crippen molar-refractivity contribution in [2.75, 3.05) is 26.5 Å². The van der Waals surface area contributed by atoms with E-state index in [4.69, 9.17) is 31.7 Å². The molecule has 2 aromatic rings. The van der Waals surface area contributed by atoms with E-state index in [2.05, 4.69) is 5.32 Å². The van der Waals surface area contributed by atoms with Gasteiger partial charge in [-0.1, -0.05) is 30.0 Å². The Morgan fingerprint density at radius 3 is 2.81 bits per heavy atom. The fourth-order valence-corrected chi connectivity index (χ4v) is 4.29. The molecule has 2 aliphatic rings. The van der Waals surface area contributed by atoms with Gasteiger partial charge in [-0.2, -0.15) is 5.26 Å². The van der Waals surface area contributed by atoms with Crippen molar-refractivity contribution in [1.82, 2.24) is 10.2 Å². The second-order valence-electron chi connectivity index (χ2n) is 6.72. The number of benzene rings is 2. The fourth-order valence-electron chi connectivity index (χ4n) is 2.98. The molecule has 1 N–H and O–H groups in total. The highest BCUT2D eigenvalue weighted by atomic mass is 32.2. The summed E-state index contributed by atoms with van der Waals surface area (Å²) in [6.07, 6.45) is 1.76. The van der Waals surface area contributed by atoms with Gasteiger partial charge in [-0.3, -0.25) is 14.5 Å². The average Bonchev–Trinajstić information content (AvgIpc) is 3.37. The van der Waals surface area contributed by atoms with E-state index in [1.54, 1.807) is 36.4 Å². The number of thioether (sulfide) groups is 1. The van der Waals surface area contributed by atoms with Gasteiger partial charge in [0.15, 0.2) is 18.1 Å². The lowest BCUT2D eigenvalue weighted by atomic mass is 10.2. The molecule has 0 radical (unpaired) electrons. The van der Waals surface area contributed by atoms with E-state index in [-0.39, 0.29) is 38.3 Å². The molecule has 10 heteroatoms. The molecule has 0 aliphatic carbocycles. The van der Waals surface area contributed by atoms with Crippen LogP contribution in [0.1, 0.15) is 11.1 Å². The van der Waals surface area contributed by atoms with E-state index >= 15 is 0 Å². The summed E-state index contributed by atoms with van der Waals surface area (Å²) in [7, 11) is 0. The van der Waals surface area contributed by atoms with Gasteiger partial charge in [0.2, 0.25) is 6.79 Å². The highest BCUT2D eigenvalue weighted by Gasteiger charge is 2.31. The average molecular weight is 468 g/mol. The monoisotopic (exact) mass is 467 g/mol. The van der Waals surface area contributed by atoms with E-state index in [1.807, 2.05) is 18.2 Å². The van der Waals surface area contributed by atoms with E-state index < -0.39 is 0 Å². The molecular weight excluding hydrogens is 450 g/mol. The highest BCUT2D eigenvalue weighted by Crippen LogP contribution is 2.36. The van der Waals surface area contributed by atoms with E-state index in [1.165, 1.54) is 16.7 Å². The molecule has 2 aliphatic heterocycles. The SMILES string of the molecule is N#Cc1ccc(OCC(=O)NCCN2C(=O)/C(=C\c3ccc4c(c3)OCO4)SC2=S)cc1. The van der Waals surface area contributed by atoms with Crippen LogP contribution in [-0.2, 0) is 9.59 Å². The predicted octanol–water partition coefficient (Wildman–Crippen LogP) is 2.68. The molecular formula is C22H17N3O5S2. The molecule has 4 rings (SSSR count). The molecule has 2 aromatic carbocycles. The van der Waals surface area contributed by atoms with Crippen molar-refractivity contribution in [2.45, 2.75) is 0 Å². The standard InChI is InChI=1S/C22H17N3O5S2/c23-11-14-1-4-16(5-2-14)28-12-20(26)24-7-8-25-21(27)19(32-22(25)31)10-15-3-6-17-18(9-15)30-13-29-17/h1-6,9-10H,7-8,12-13H2,(H,24,26)/b19-10+. The number of nitrogens with one attached hydrogen (secondary N) is 1. The second kappa shape index (κ2) is 9.72. The zero-order chi connectivity index (χ0) is 22.5. The third-order valence-corrected chi connectivity index (χ3v) is 5.96. The van der Waals surface area contributed by atoms with Crippen LogP contribution in [0.15, 0.2) is 47.4 Å². The first-order valence-electron chi connectivity index (χ1n) is 9.58. The molecule has 8 nitrogen and oxygen atoms in total. The Bertz CT molecular complexity index is 1140. The molecule has 1 saturated heterocycles. The number of hydrogen-bond acceptors (Lipinski definition) is 8. The third kappa shape index (κ3) is 5.01. The van der Waals surface area contributed by atoms with Gasteiger partial charge < -0.3 is 19.5 Å². The fraction of sp³-hybridized carbons (Fsp3) is 0.182. The number of carbonyl (C=O) groups excluding carboxylic acids is 2. The van der Waals surface area contributed by atoms with Gasteiger partial charge in [0, 0.05) is 13.1 Å². The number of hydrogen-bond donors (Lipinski definition) is 1. The van der Waals surface area contributed by atoms with Gasteiger partial charge in [0.05, 0.1) is 16.5 Å². The van der Waals surface area contributed by atoms with Crippen LogP contribution < -0.4 is 19.5 Å². The van der Waals surface area contributed by atoms with Crippen molar-refractivity contribution in [3.63, 3.8) is 0 Å². The minimum Gasteiger partial charge on any atom is -0.484 e. The lowest BCUT2D eigenvalue weighted by Gasteiger charge is -2.15. The first-order chi connectivity index (χ1) is 15.5. The number of carbonyl (C=O) groups is 2. The summed E-state index contributed by atoms with van der Waals surface area (Å²) in [5.74, 6) is 1.27. The zero-order valence-electron chi connectivity index (χ0n) is 16.7. The first-order valence-corrected chi connectivity index (χ1v) is 10.8. The molecule has 0 spiro atoms. The Morgan fingerprint density at radius 2 is 2.03 bits per heavy atom. The van der Waals surface area contributed by atoms with Gasteiger partial charge in [0.25, 0.3) is 11.8 Å². The number of nitrogens with zero attached hydrogens (tertiary/aromatic N) is 2. The number of thiocarbonyl (C=S) groups is 1. The number of rotatable bonds is 7. The molecule has 0 aromatic heterocycles. The van der Waals surface area contributed by atoms with Crippen LogP contribution in [0.3, 0.4) is 0 Å². The van der Waals surface area contributed by atoms with Crippen molar-refractivity contribution < 1.29 is 23.8 Å². The molecule has 162 valence electrons. The maximum absolute atomic E-state index is 12.7. The molecule has 0 saturated carbocycles. The Morgan fingerprint density at radius 1 is 1.25 bits per heavy atom. The van der Waals surface area contributed by atoms with Crippen LogP contribution in [0.25, 0.3) is 6.08 Å². The van der Waals surface area contributed by atoms with E-state index in [0.717, 1.165) is 5.56 Å². The molecule has 0 unspecified atom stereocenters. The largest absolute Gasteiger partial charge is 0.484 e. The molecule has 1 fully saturated rings. The van der Waals surface area contributed by atoms with Crippen molar-refractivity contribution in [2.24, 2.45) is 0 Å². The summed E-state index contributed by atoms with van der Waals surface area (Å²) >= 11 is 6.54. The predicted molar refractivity (Wildman–Crippen MR) is 122 cm³/mol. The van der Waals surface area contributed by atoms with Crippen LogP contribution in [0.2, 0.25) is 0 Å². The first kappa shape index (κ1) is 21.7. The Balaban J connectivity index is 1.26. The third-order valence-electron chi connectivity index (χ3n) is 4.58. The van der Waals surface area contributed by atoms with E-state index in [9.17, 15) is 9.59 Å². The molecule has 2 amide bonds. The second-order valence-corrected chi connectivity index (χ2v) is 8.40. The normalized spacial score (nSPS) is 15.7. The van der Waals surface area contributed by atoms with Gasteiger partial charge in [-0.25, -0.2) is 0 Å². The highest BCUT2D eigenvalue weighted by molar-refractivity contribution is 8.26. The smallest absolute Gasteiger partial charge is 0.266 e. The summed E-state index contributed by atoms with van der Waals surface area (Å²) in [4.78, 5) is 26.7. The lowest BCUT2D eigenvalue weighted by molar-refractivity contribution is -0.124. The maximum atomic E-state index is 12.7. The molecule has 2 heterocycles.